The summed E-state index contributed by atoms with van der Waals surface area (Å²) in [6.45, 7) is 1.31. The first-order valence-corrected chi connectivity index (χ1v) is 9.12. The Morgan fingerprint density at radius 2 is 1.90 bits per heavy atom. The van der Waals surface area contributed by atoms with Crippen LogP contribution in [0.5, 0.6) is 5.75 Å². The van der Waals surface area contributed by atoms with Gasteiger partial charge in [0.15, 0.2) is 5.96 Å². The Kier molecular flexibility index (Phi) is 10.9. The highest BCUT2D eigenvalue weighted by Gasteiger charge is 2.32. The van der Waals surface area contributed by atoms with Crippen molar-refractivity contribution in [3.8, 4) is 5.75 Å². The number of benzene rings is 1. The summed E-state index contributed by atoms with van der Waals surface area (Å²) in [7, 11) is 3.20. The van der Waals surface area contributed by atoms with Crippen LogP contribution in [0.3, 0.4) is 0 Å². The van der Waals surface area contributed by atoms with E-state index in [0.29, 0.717) is 42.8 Å². The maximum atomic E-state index is 12.6. The topological polar surface area (TPSA) is 83.5 Å². The van der Waals surface area contributed by atoms with Gasteiger partial charge in [-0.3, -0.25) is 4.99 Å². The van der Waals surface area contributed by atoms with Crippen molar-refractivity contribution < 1.29 is 17.9 Å². The van der Waals surface area contributed by atoms with Crippen LogP contribution in [0.2, 0.25) is 5.02 Å². The average molecular weight is 559 g/mol. The SMILES string of the molecule is CN=C(NCCNc1nccc(C(F)(F)F)n1)NCCc1ccc(OC)cc1Cl.I. The minimum Gasteiger partial charge on any atom is -0.497 e. The Hall–Kier alpha value is -2.02. The Morgan fingerprint density at radius 3 is 2.53 bits per heavy atom. The van der Waals surface area contributed by atoms with Gasteiger partial charge < -0.3 is 20.7 Å². The molecule has 0 amide bonds. The van der Waals surface area contributed by atoms with Gasteiger partial charge in [0, 0.05) is 37.9 Å². The van der Waals surface area contributed by atoms with Crippen molar-refractivity contribution in [2.45, 2.75) is 12.6 Å². The summed E-state index contributed by atoms with van der Waals surface area (Å²) in [6, 6.07) is 6.32. The molecular weight excluding hydrogens is 536 g/mol. The molecule has 0 aliphatic heterocycles. The molecule has 7 nitrogen and oxygen atoms in total. The van der Waals surface area contributed by atoms with Gasteiger partial charge in [-0.25, -0.2) is 9.97 Å². The molecule has 1 aromatic heterocycles. The molecule has 2 aromatic rings. The van der Waals surface area contributed by atoms with E-state index < -0.39 is 11.9 Å². The first kappa shape index (κ1) is 26.0. The average Bonchev–Trinajstić information content (AvgIpc) is 2.70. The fourth-order valence-corrected chi connectivity index (χ4v) is 2.62. The van der Waals surface area contributed by atoms with Crippen LogP contribution in [0.25, 0.3) is 0 Å². The minimum absolute atomic E-state index is 0. The van der Waals surface area contributed by atoms with Gasteiger partial charge in [-0.05, 0) is 30.2 Å². The number of guanidine groups is 1. The lowest BCUT2D eigenvalue weighted by Gasteiger charge is -2.13. The standard InChI is InChI=1S/C18H22ClF3N6O.HI/c1-23-16(24-7-5-12-3-4-13(29-2)11-14(12)19)26-9-10-27-17-25-8-6-15(28-17)18(20,21)22;/h3-4,6,8,11H,5,7,9-10H2,1-2H3,(H2,23,24,26)(H,25,27,28);1H. The van der Waals surface area contributed by atoms with E-state index in [0.717, 1.165) is 17.8 Å². The molecule has 0 atom stereocenters. The highest BCUT2D eigenvalue weighted by atomic mass is 127. The number of hydrogen-bond donors (Lipinski definition) is 3. The molecule has 1 heterocycles. The maximum Gasteiger partial charge on any atom is 0.433 e. The van der Waals surface area contributed by atoms with Crippen LogP contribution < -0.4 is 20.7 Å². The van der Waals surface area contributed by atoms with Crippen LogP contribution in [0.15, 0.2) is 35.5 Å². The lowest BCUT2D eigenvalue weighted by molar-refractivity contribution is -0.141. The zero-order valence-corrected chi connectivity index (χ0v) is 19.5. The Bertz CT molecular complexity index is 838. The quantitative estimate of drug-likeness (QED) is 0.199. The number of anilines is 1. The van der Waals surface area contributed by atoms with Crippen LogP contribution in [0, 0.1) is 0 Å². The van der Waals surface area contributed by atoms with Crippen molar-refractivity contribution in [1.29, 1.82) is 0 Å². The molecule has 0 spiro atoms. The summed E-state index contributed by atoms with van der Waals surface area (Å²) >= 11 is 6.21. The van der Waals surface area contributed by atoms with E-state index in [4.69, 9.17) is 16.3 Å². The largest absolute Gasteiger partial charge is 0.497 e. The van der Waals surface area contributed by atoms with Crippen LogP contribution in [-0.4, -0.2) is 49.7 Å². The number of hydrogen-bond acceptors (Lipinski definition) is 5. The number of nitrogens with zero attached hydrogens (tertiary/aromatic N) is 3. The summed E-state index contributed by atoms with van der Waals surface area (Å²) in [4.78, 5) is 11.3. The first-order chi connectivity index (χ1) is 13.8. The second kappa shape index (κ2) is 12.6. The fraction of sp³-hybridized carbons (Fsp3) is 0.389. The number of rotatable bonds is 8. The highest BCUT2D eigenvalue weighted by Crippen LogP contribution is 2.27. The number of aliphatic imine (C=N–C) groups is 1. The van der Waals surface area contributed by atoms with Crippen molar-refractivity contribution >= 4 is 47.5 Å². The molecule has 0 saturated heterocycles. The van der Waals surface area contributed by atoms with Crippen LogP contribution >= 0.6 is 35.6 Å². The van der Waals surface area contributed by atoms with Gasteiger partial charge in [0.25, 0.3) is 0 Å². The minimum atomic E-state index is -4.50. The maximum absolute atomic E-state index is 12.6. The molecule has 0 unspecified atom stereocenters. The zero-order chi connectivity index (χ0) is 21.3. The van der Waals surface area contributed by atoms with Crippen molar-refractivity contribution in [2.24, 2.45) is 4.99 Å². The number of aromatic nitrogens is 2. The molecule has 0 aliphatic rings. The van der Waals surface area contributed by atoms with Crippen molar-refractivity contribution in [1.82, 2.24) is 20.6 Å². The number of methoxy groups -OCH3 is 1. The van der Waals surface area contributed by atoms with Gasteiger partial charge in [-0.1, -0.05) is 17.7 Å². The third-order valence-corrected chi connectivity index (χ3v) is 4.17. The number of ether oxygens (including phenoxy) is 1. The molecule has 0 radical (unpaired) electrons. The number of halogens is 5. The van der Waals surface area contributed by atoms with E-state index in [1.54, 1.807) is 20.2 Å². The molecule has 30 heavy (non-hydrogen) atoms. The van der Waals surface area contributed by atoms with E-state index in [1.807, 2.05) is 12.1 Å². The van der Waals surface area contributed by atoms with Gasteiger partial charge in [0.05, 0.1) is 7.11 Å². The summed E-state index contributed by atoms with van der Waals surface area (Å²) in [5.74, 6) is 1.17. The molecule has 0 fully saturated rings. The number of alkyl halides is 3. The number of nitrogens with one attached hydrogen (secondary N) is 3. The van der Waals surface area contributed by atoms with Crippen molar-refractivity contribution in [3.63, 3.8) is 0 Å². The predicted octanol–water partition coefficient (Wildman–Crippen LogP) is 3.60. The predicted molar refractivity (Wildman–Crippen MR) is 122 cm³/mol. The summed E-state index contributed by atoms with van der Waals surface area (Å²) in [6.07, 6.45) is -2.76. The van der Waals surface area contributed by atoms with Gasteiger partial charge in [-0.2, -0.15) is 13.2 Å². The molecule has 0 aliphatic carbocycles. The molecule has 12 heteroatoms. The lowest BCUT2D eigenvalue weighted by atomic mass is 10.1. The van der Waals surface area contributed by atoms with Crippen LogP contribution in [-0.2, 0) is 12.6 Å². The molecular formula is C18H23ClF3IN6O. The fourth-order valence-electron chi connectivity index (χ4n) is 2.35. The van der Waals surface area contributed by atoms with E-state index in [2.05, 4.69) is 30.9 Å². The van der Waals surface area contributed by atoms with E-state index in [-0.39, 0.29) is 29.9 Å². The Morgan fingerprint density at radius 1 is 1.17 bits per heavy atom. The molecule has 0 bridgehead atoms. The monoisotopic (exact) mass is 558 g/mol. The van der Waals surface area contributed by atoms with Gasteiger partial charge in [0.2, 0.25) is 5.95 Å². The van der Waals surface area contributed by atoms with E-state index >= 15 is 0 Å². The Balaban J connectivity index is 0.00000450. The van der Waals surface area contributed by atoms with Crippen molar-refractivity contribution in [3.05, 3.63) is 46.7 Å². The van der Waals surface area contributed by atoms with Crippen molar-refractivity contribution in [2.75, 3.05) is 39.1 Å². The zero-order valence-electron chi connectivity index (χ0n) is 16.4. The van der Waals surface area contributed by atoms with Crippen LogP contribution in [0.4, 0.5) is 19.1 Å². The van der Waals surface area contributed by atoms with E-state index in [9.17, 15) is 13.2 Å². The Labute approximate surface area is 194 Å². The third kappa shape index (κ3) is 8.38. The van der Waals surface area contributed by atoms with Gasteiger partial charge in [0.1, 0.15) is 11.4 Å². The highest BCUT2D eigenvalue weighted by molar-refractivity contribution is 14.0. The van der Waals surface area contributed by atoms with Gasteiger partial charge in [-0.15, -0.1) is 24.0 Å². The lowest BCUT2D eigenvalue weighted by Crippen LogP contribution is -2.40. The molecule has 3 N–H and O–H groups in total. The smallest absolute Gasteiger partial charge is 0.433 e. The second-order valence-electron chi connectivity index (χ2n) is 5.82. The normalized spacial score (nSPS) is 11.5. The molecule has 1 aromatic carbocycles. The molecule has 166 valence electrons. The summed E-state index contributed by atoms with van der Waals surface area (Å²) in [5, 5.41) is 9.56. The second-order valence-corrected chi connectivity index (χ2v) is 6.23. The van der Waals surface area contributed by atoms with E-state index in [1.165, 1.54) is 0 Å². The third-order valence-electron chi connectivity index (χ3n) is 3.82. The molecule has 2 rings (SSSR count). The first-order valence-electron chi connectivity index (χ1n) is 8.74. The van der Waals surface area contributed by atoms with Crippen LogP contribution in [0.1, 0.15) is 11.3 Å². The summed E-state index contributed by atoms with van der Waals surface area (Å²) in [5.41, 5.74) is -0.0172. The van der Waals surface area contributed by atoms with Gasteiger partial charge >= 0.3 is 6.18 Å². The summed E-state index contributed by atoms with van der Waals surface area (Å²) < 4.78 is 43.0. The molecule has 0 saturated carbocycles.